The summed E-state index contributed by atoms with van der Waals surface area (Å²) in [5, 5.41) is 1.72. The molecule has 9 heteroatoms. The van der Waals surface area contributed by atoms with E-state index in [2.05, 4.69) is 9.97 Å². The molecule has 2 aromatic rings. The van der Waals surface area contributed by atoms with Gasteiger partial charge in [0.2, 0.25) is 0 Å². The van der Waals surface area contributed by atoms with Crippen LogP contribution in [-0.4, -0.2) is 28.6 Å². The van der Waals surface area contributed by atoms with Crippen molar-refractivity contribution in [1.29, 1.82) is 0 Å². The predicted molar refractivity (Wildman–Crippen MR) is 67.9 cm³/mol. The van der Waals surface area contributed by atoms with Crippen LogP contribution in [0.2, 0.25) is 10.3 Å². The number of hydrogen-bond donors (Lipinski definition) is 1. The fourth-order valence-electron chi connectivity index (χ4n) is 1.44. The van der Waals surface area contributed by atoms with Crippen LogP contribution in [0.5, 0.6) is 0 Å². The first-order valence-corrected chi connectivity index (χ1v) is 5.99. The minimum atomic E-state index is -4.47. The van der Waals surface area contributed by atoms with Crippen LogP contribution in [0, 0.1) is 0 Å². The summed E-state index contributed by atoms with van der Waals surface area (Å²) in [6.07, 6.45) is -4.47. The molecule has 0 bridgehead atoms. The van der Waals surface area contributed by atoms with Crippen LogP contribution < -0.4 is 5.32 Å². The van der Waals surface area contributed by atoms with Crippen molar-refractivity contribution in [3.63, 3.8) is 0 Å². The number of amides is 1. The van der Waals surface area contributed by atoms with Gasteiger partial charge in [0.1, 0.15) is 6.54 Å². The summed E-state index contributed by atoms with van der Waals surface area (Å²) < 4.78 is 36.0. The van der Waals surface area contributed by atoms with E-state index in [1.807, 2.05) is 0 Å². The molecule has 0 spiro atoms. The summed E-state index contributed by atoms with van der Waals surface area (Å²) in [6, 6.07) is 4.04. The maximum atomic E-state index is 12.0. The van der Waals surface area contributed by atoms with Crippen LogP contribution in [0.1, 0.15) is 10.4 Å². The van der Waals surface area contributed by atoms with Gasteiger partial charge in [0.15, 0.2) is 10.3 Å². The summed E-state index contributed by atoms with van der Waals surface area (Å²) in [4.78, 5) is 19.4. The third-order valence-electron chi connectivity index (χ3n) is 2.29. The van der Waals surface area contributed by atoms with Gasteiger partial charge in [-0.25, -0.2) is 9.97 Å². The second-order valence-corrected chi connectivity index (χ2v) is 4.52. The summed E-state index contributed by atoms with van der Waals surface area (Å²) >= 11 is 11.4. The molecule has 0 atom stereocenters. The molecule has 1 amide bonds. The Morgan fingerprint density at radius 1 is 1.15 bits per heavy atom. The molecule has 4 nitrogen and oxygen atoms in total. The number of fused-ring (bicyclic) bond motifs is 1. The Bertz CT molecular complexity index is 676. The zero-order chi connectivity index (χ0) is 14.9. The lowest BCUT2D eigenvalue weighted by molar-refractivity contribution is -0.123. The van der Waals surface area contributed by atoms with Gasteiger partial charge in [-0.15, -0.1) is 0 Å². The van der Waals surface area contributed by atoms with E-state index in [1.54, 1.807) is 5.32 Å². The maximum Gasteiger partial charge on any atom is 0.405 e. The number of rotatable bonds is 2. The minimum absolute atomic E-state index is 0.00781. The quantitative estimate of drug-likeness (QED) is 0.923. The number of aromatic nitrogens is 2. The zero-order valence-corrected chi connectivity index (χ0v) is 11.1. The Morgan fingerprint density at radius 2 is 1.75 bits per heavy atom. The van der Waals surface area contributed by atoms with Crippen LogP contribution in [0.4, 0.5) is 13.2 Å². The van der Waals surface area contributed by atoms with Gasteiger partial charge < -0.3 is 5.32 Å². The van der Waals surface area contributed by atoms with Gasteiger partial charge in [0.25, 0.3) is 5.91 Å². The zero-order valence-electron chi connectivity index (χ0n) is 9.63. The van der Waals surface area contributed by atoms with Gasteiger partial charge >= 0.3 is 6.18 Å². The van der Waals surface area contributed by atoms with Gasteiger partial charge in [-0.1, -0.05) is 23.2 Å². The van der Waals surface area contributed by atoms with E-state index in [4.69, 9.17) is 23.2 Å². The average molecular weight is 324 g/mol. The van der Waals surface area contributed by atoms with Crippen molar-refractivity contribution in [2.75, 3.05) is 6.54 Å². The minimum Gasteiger partial charge on any atom is -0.343 e. The Labute approximate surface area is 120 Å². The number of carbonyl (C=O) groups is 1. The number of hydrogen-bond acceptors (Lipinski definition) is 3. The molecule has 106 valence electrons. The maximum absolute atomic E-state index is 12.0. The summed E-state index contributed by atoms with van der Waals surface area (Å²) in [7, 11) is 0. The highest BCUT2D eigenvalue weighted by atomic mass is 35.5. The van der Waals surface area contributed by atoms with Crippen molar-refractivity contribution in [2.24, 2.45) is 0 Å². The third kappa shape index (κ3) is 3.49. The Kier molecular flexibility index (Phi) is 4.01. The van der Waals surface area contributed by atoms with Gasteiger partial charge in [-0.05, 0) is 18.2 Å². The number of nitrogens with zero attached hydrogens (tertiary/aromatic N) is 2. The molecule has 1 aromatic carbocycles. The number of nitrogens with one attached hydrogen (secondary N) is 1. The highest BCUT2D eigenvalue weighted by molar-refractivity contribution is 6.40. The SMILES string of the molecule is O=C(NCC(F)(F)F)c1ccc2nc(Cl)c(Cl)nc2c1. The summed E-state index contributed by atoms with van der Waals surface area (Å²) in [6.45, 7) is -1.41. The van der Waals surface area contributed by atoms with E-state index >= 15 is 0 Å². The van der Waals surface area contributed by atoms with E-state index in [0.717, 1.165) is 0 Å². The van der Waals surface area contributed by atoms with E-state index in [-0.39, 0.29) is 21.4 Å². The highest BCUT2D eigenvalue weighted by Gasteiger charge is 2.27. The molecular formula is C11H6Cl2F3N3O. The largest absolute Gasteiger partial charge is 0.405 e. The summed E-state index contributed by atoms with van der Waals surface area (Å²) in [5.74, 6) is -0.864. The second-order valence-electron chi connectivity index (χ2n) is 3.81. The molecule has 0 aliphatic carbocycles. The van der Waals surface area contributed by atoms with Gasteiger partial charge in [0.05, 0.1) is 11.0 Å². The molecule has 1 aromatic heterocycles. The van der Waals surface area contributed by atoms with Crippen molar-refractivity contribution in [3.05, 3.63) is 34.1 Å². The van der Waals surface area contributed by atoms with Crippen molar-refractivity contribution in [2.45, 2.75) is 6.18 Å². The van der Waals surface area contributed by atoms with Crippen molar-refractivity contribution >= 4 is 40.1 Å². The van der Waals surface area contributed by atoms with Crippen LogP contribution in [0.15, 0.2) is 18.2 Å². The highest BCUT2D eigenvalue weighted by Crippen LogP contribution is 2.21. The molecule has 1 heterocycles. The molecule has 0 radical (unpaired) electrons. The van der Waals surface area contributed by atoms with Gasteiger partial charge in [0, 0.05) is 5.56 Å². The monoisotopic (exact) mass is 323 g/mol. The lowest BCUT2D eigenvalue weighted by Gasteiger charge is -2.08. The van der Waals surface area contributed by atoms with Crippen LogP contribution in [-0.2, 0) is 0 Å². The normalized spacial score (nSPS) is 11.7. The Morgan fingerprint density at radius 3 is 2.35 bits per heavy atom. The van der Waals surface area contributed by atoms with Gasteiger partial charge in [-0.2, -0.15) is 13.2 Å². The molecule has 2 rings (SSSR count). The van der Waals surface area contributed by atoms with E-state index in [1.165, 1.54) is 18.2 Å². The standard InChI is InChI=1S/C11H6Cl2F3N3O/c12-8-9(13)19-7-3-5(1-2-6(7)18-8)10(20)17-4-11(14,15)16/h1-3H,4H2,(H,17,20). The van der Waals surface area contributed by atoms with Crippen molar-refractivity contribution in [1.82, 2.24) is 15.3 Å². The first-order chi connectivity index (χ1) is 9.26. The Hall–Kier alpha value is -1.60. The number of alkyl halides is 3. The van der Waals surface area contributed by atoms with Crippen LogP contribution >= 0.6 is 23.2 Å². The average Bonchev–Trinajstić information content (AvgIpc) is 2.36. The van der Waals surface area contributed by atoms with E-state index < -0.39 is 18.6 Å². The van der Waals surface area contributed by atoms with Crippen LogP contribution in [0.25, 0.3) is 11.0 Å². The number of halogens is 5. The third-order valence-corrected chi connectivity index (χ3v) is 2.92. The molecule has 20 heavy (non-hydrogen) atoms. The molecule has 0 aliphatic rings. The topological polar surface area (TPSA) is 54.9 Å². The predicted octanol–water partition coefficient (Wildman–Crippen LogP) is 3.23. The number of carbonyl (C=O) groups excluding carboxylic acids is 1. The van der Waals surface area contributed by atoms with Gasteiger partial charge in [-0.3, -0.25) is 4.79 Å². The Balaban J connectivity index is 2.27. The fourth-order valence-corrected chi connectivity index (χ4v) is 1.70. The molecule has 0 saturated heterocycles. The molecule has 1 N–H and O–H groups in total. The van der Waals surface area contributed by atoms with Crippen molar-refractivity contribution in [3.8, 4) is 0 Å². The first kappa shape index (κ1) is 14.8. The lowest BCUT2D eigenvalue weighted by atomic mass is 10.2. The smallest absolute Gasteiger partial charge is 0.343 e. The second kappa shape index (κ2) is 5.41. The fraction of sp³-hybridized carbons (Fsp3) is 0.182. The molecule has 0 aliphatic heterocycles. The van der Waals surface area contributed by atoms with E-state index in [0.29, 0.717) is 5.52 Å². The number of benzene rings is 1. The summed E-state index contributed by atoms with van der Waals surface area (Å²) in [5.41, 5.74) is 0.667. The molecule has 0 unspecified atom stereocenters. The molecule has 0 fully saturated rings. The van der Waals surface area contributed by atoms with E-state index in [9.17, 15) is 18.0 Å². The van der Waals surface area contributed by atoms with Crippen molar-refractivity contribution < 1.29 is 18.0 Å². The first-order valence-electron chi connectivity index (χ1n) is 5.24. The molecular weight excluding hydrogens is 318 g/mol. The molecule has 0 saturated carbocycles. The van der Waals surface area contributed by atoms with Crippen LogP contribution in [0.3, 0.4) is 0 Å². The lowest BCUT2D eigenvalue weighted by Crippen LogP contribution is -2.33.